The number of rotatable bonds is 3. The average Bonchev–Trinajstić information content (AvgIpc) is 2.41. The molecule has 2 aliphatic rings. The van der Waals surface area contributed by atoms with E-state index in [1.54, 1.807) is 0 Å². The summed E-state index contributed by atoms with van der Waals surface area (Å²) in [6.45, 7) is 1.18. The molecule has 0 atom stereocenters. The van der Waals surface area contributed by atoms with E-state index in [1.807, 2.05) is 0 Å². The predicted octanol–water partition coefficient (Wildman–Crippen LogP) is 1.16. The average molecular weight is 256 g/mol. The molecule has 5 heteroatoms. The van der Waals surface area contributed by atoms with Crippen molar-refractivity contribution in [3.63, 3.8) is 0 Å². The molecule has 0 aromatic heterocycles. The van der Waals surface area contributed by atoms with Gasteiger partial charge in [0.05, 0.1) is 12.1 Å². The predicted molar refractivity (Wildman–Crippen MR) is 68.4 cm³/mol. The zero-order chi connectivity index (χ0) is 12.8. The molecular formula is C13H24N2O3. The number of carbonyl (C=O) groups is 1. The summed E-state index contributed by atoms with van der Waals surface area (Å²) in [6.07, 6.45) is 7.18. The Bertz CT molecular complexity index is 271. The molecule has 18 heavy (non-hydrogen) atoms. The number of amides is 2. The standard InChI is InChI=1S/C13H24N2O3/c16-10-13(6-8-18-9-7-13)15-12(17)14-11-4-2-1-3-5-11/h11,16H,1-10H2,(H2,14,15,17). The lowest BCUT2D eigenvalue weighted by Gasteiger charge is -2.37. The zero-order valence-corrected chi connectivity index (χ0v) is 10.9. The van der Waals surface area contributed by atoms with Crippen LogP contribution >= 0.6 is 0 Å². The van der Waals surface area contributed by atoms with Crippen LogP contribution in [0.1, 0.15) is 44.9 Å². The van der Waals surface area contributed by atoms with Crippen molar-refractivity contribution in [2.75, 3.05) is 19.8 Å². The van der Waals surface area contributed by atoms with E-state index in [4.69, 9.17) is 4.74 Å². The molecule has 2 amide bonds. The highest BCUT2D eigenvalue weighted by Gasteiger charge is 2.33. The minimum Gasteiger partial charge on any atom is -0.394 e. The lowest BCUT2D eigenvalue weighted by Crippen LogP contribution is -2.58. The second kappa shape index (κ2) is 6.38. The highest BCUT2D eigenvalue weighted by molar-refractivity contribution is 5.75. The molecule has 0 spiro atoms. The molecule has 1 heterocycles. The third-order valence-electron chi connectivity index (χ3n) is 4.07. The first kappa shape index (κ1) is 13.6. The number of hydrogen-bond donors (Lipinski definition) is 3. The van der Waals surface area contributed by atoms with Crippen LogP contribution in [-0.2, 0) is 4.74 Å². The lowest BCUT2D eigenvalue weighted by molar-refractivity contribution is 0.0169. The van der Waals surface area contributed by atoms with E-state index in [-0.39, 0.29) is 12.6 Å². The Morgan fingerprint density at radius 1 is 1.22 bits per heavy atom. The first-order valence-corrected chi connectivity index (χ1v) is 7.01. The van der Waals surface area contributed by atoms with E-state index < -0.39 is 5.54 Å². The van der Waals surface area contributed by atoms with Crippen molar-refractivity contribution < 1.29 is 14.6 Å². The van der Waals surface area contributed by atoms with Gasteiger partial charge >= 0.3 is 6.03 Å². The van der Waals surface area contributed by atoms with Gasteiger partial charge in [0.1, 0.15) is 0 Å². The highest BCUT2D eigenvalue weighted by Crippen LogP contribution is 2.21. The number of carbonyl (C=O) groups excluding carboxylic acids is 1. The van der Waals surface area contributed by atoms with Gasteiger partial charge in [-0.1, -0.05) is 19.3 Å². The van der Waals surface area contributed by atoms with Crippen molar-refractivity contribution in [3.8, 4) is 0 Å². The van der Waals surface area contributed by atoms with Crippen LogP contribution in [0, 0.1) is 0 Å². The molecular weight excluding hydrogens is 232 g/mol. The van der Waals surface area contributed by atoms with Crippen LogP contribution in [0.15, 0.2) is 0 Å². The summed E-state index contributed by atoms with van der Waals surface area (Å²) in [5, 5.41) is 15.5. The third-order valence-corrected chi connectivity index (χ3v) is 4.07. The van der Waals surface area contributed by atoms with Crippen LogP contribution in [0.4, 0.5) is 4.79 Å². The normalized spacial score (nSPS) is 24.5. The Hall–Kier alpha value is -0.810. The molecule has 0 radical (unpaired) electrons. The topological polar surface area (TPSA) is 70.6 Å². The van der Waals surface area contributed by atoms with Crippen molar-refractivity contribution in [1.82, 2.24) is 10.6 Å². The van der Waals surface area contributed by atoms with Gasteiger partial charge in [-0.05, 0) is 25.7 Å². The van der Waals surface area contributed by atoms with Crippen LogP contribution in [0.25, 0.3) is 0 Å². The number of aliphatic hydroxyl groups is 1. The lowest BCUT2D eigenvalue weighted by atomic mass is 9.91. The molecule has 2 fully saturated rings. The van der Waals surface area contributed by atoms with Gasteiger partial charge in [-0.3, -0.25) is 0 Å². The maximum atomic E-state index is 12.0. The molecule has 5 nitrogen and oxygen atoms in total. The van der Waals surface area contributed by atoms with Crippen LogP contribution in [0.3, 0.4) is 0 Å². The van der Waals surface area contributed by atoms with Crippen molar-refractivity contribution in [2.45, 2.75) is 56.5 Å². The summed E-state index contributed by atoms with van der Waals surface area (Å²) < 4.78 is 5.28. The second-order valence-corrected chi connectivity index (χ2v) is 5.48. The molecule has 0 unspecified atom stereocenters. The van der Waals surface area contributed by atoms with Crippen LogP contribution in [0.2, 0.25) is 0 Å². The minimum atomic E-state index is -0.489. The Kier molecular flexibility index (Phi) is 4.83. The third kappa shape index (κ3) is 3.59. The van der Waals surface area contributed by atoms with Crippen molar-refractivity contribution in [1.29, 1.82) is 0 Å². The number of aliphatic hydroxyl groups excluding tert-OH is 1. The SMILES string of the molecule is O=C(NC1CCCCC1)NC1(CO)CCOCC1. The second-order valence-electron chi connectivity index (χ2n) is 5.48. The van der Waals surface area contributed by atoms with Gasteiger partial charge in [-0.15, -0.1) is 0 Å². The van der Waals surface area contributed by atoms with Gasteiger partial charge in [-0.25, -0.2) is 4.79 Å². The van der Waals surface area contributed by atoms with Crippen molar-refractivity contribution in [2.24, 2.45) is 0 Å². The van der Waals surface area contributed by atoms with Crippen LogP contribution in [-0.4, -0.2) is 42.5 Å². The molecule has 0 bridgehead atoms. The fourth-order valence-electron chi connectivity index (χ4n) is 2.79. The molecule has 1 saturated heterocycles. The van der Waals surface area contributed by atoms with E-state index in [2.05, 4.69) is 10.6 Å². The molecule has 104 valence electrons. The molecule has 2 rings (SSSR count). The monoisotopic (exact) mass is 256 g/mol. The summed E-state index contributed by atoms with van der Waals surface area (Å²) in [7, 11) is 0. The number of ether oxygens (including phenoxy) is 1. The molecule has 1 aliphatic carbocycles. The maximum Gasteiger partial charge on any atom is 0.315 e. The highest BCUT2D eigenvalue weighted by atomic mass is 16.5. The minimum absolute atomic E-state index is 0.0194. The van der Waals surface area contributed by atoms with Crippen molar-refractivity contribution >= 4 is 6.03 Å². The molecule has 1 aliphatic heterocycles. The first-order chi connectivity index (χ1) is 8.74. The van der Waals surface area contributed by atoms with Gasteiger partial charge < -0.3 is 20.5 Å². The van der Waals surface area contributed by atoms with Gasteiger partial charge in [0.2, 0.25) is 0 Å². The summed E-state index contributed by atoms with van der Waals surface area (Å²) in [6, 6.07) is 0.159. The van der Waals surface area contributed by atoms with Gasteiger partial charge in [0, 0.05) is 19.3 Å². The van der Waals surface area contributed by atoms with E-state index in [1.165, 1.54) is 19.3 Å². The molecule has 1 saturated carbocycles. The Morgan fingerprint density at radius 2 is 1.89 bits per heavy atom. The largest absolute Gasteiger partial charge is 0.394 e. The van der Waals surface area contributed by atoms with E-state index in [0.29, 0.717) is 32.1 Å². The van der Waals surface area contributed by atoms with Crippen molar-refractivity contribution in [3.05, 3.63) is 0 Å². The van der Waals surface area contributed by atoms with Gasteiger partial charge in [0.15, 0.2) is 0 Å². The van der Waals surface area contributed by atoms with E-state index >= 15 is 0 Å². The quantitative estimate of drug-likeness (QED) is 0.709. The summed E-state index contributed by atoms with van der Waals surface area (Å²) in [4.78, 5) is 12.0. The maximum absolute atomic E-state index is 12.0. The Labute approximate surface area is 108 Å². The number of hydrogen-bond acceptors (Lipinski definition) is 3. The fourth-order valence-corrected chi connectivity index (χ4v) is 2.79. The number of urea groups is 1. The van der Waals surface area contributed by atoms with E-state index in [9.17, 15) is 9.90 Å². The van der Waals surface area contributed by atoms with E-state index in [0.717, 1.165) is 12.8 Å². The molecule has 0 aromatic carbocycles. The Balaban J connectivity index is 1.81. The first-order valence-electron chi connectivity index (χ1n) is 7.01. The van der Waals surface area contributed by atoms with Gasteiger partial charge in [-0.2, -0.15) is 0 Å². The summed E-state index contributed by atoms with van der Waals surface area (Å²) in [5.41, 5.74) is -0.489. The smallest absolute Gasteiger partial charge is 0.315 e. The summed E-state index contributed by atoms with van der Waals surface area (Å²) in [5.74, 6) is 0. The molecule has 0 aromatic rings. The Morgan fingerprint density at radius 3 is 2.50 bits per heavy atom. The van der Waals surface area contributed by atoms with Gasteiger partial charge in [0.25, 0.3) is 0 Å². The zero-order valence-electron chi connectivity index (χ0n) is 10.9. The van der Waals surface area contributed by atoms with Crippen LogP contribution in [0.5, 0.6) is 0 Å². The fraction of sp³-hybridized carbons (Fsp3) is 0.923. The summed E-state index contributed by atoms with van der Waals surface area (Å²) >= 11 is 0. The van der Waals surface area contributed by atoms with Crippen LogP contribution < -0.4 is 10.6 Å². The molecule has 3 N–H and O–H groups in total. The number of nitrogens with one attached hydrogen (secondary N) is 2.